The van der Waals surface area contributed by atoms with E-state index in [0.717, 1.165) is 24.5 Å². The molecule has 2 fully saturated rings. The van der Waals surface area contributed by atoms with Gasteiger partial charge in [-0.25, -0.2) is 0 Å². The Labute approximate surface area is 137 Å². The Hall–Kier alpha value is -0.220. The summed E-state index contributed by atoms with van der Waals surface area (Å²) < 4.78 is 6.17. The van der Waals surface area contributed by atoms with Gasteiger partial charge in [-0.1, -0.05) is 29.8 Å². The summed E-state index contributed by atoms with van der Waals surface area (Å²) >= 11 is 8.37. The lowest BCUT2D eigenvalue weighted by molar-refractivity contribution is -0.0940. The van der Waals surface area contributed by atoms with Crippen molar-refractivity contribution in [2.45, 2.75) is 50.3 Å². The van der Waals surface area contributed by atoms with E-state index in [4.69, 9.17) is 16.3 Å². The zero-order valence-electron chi connectivity index (χ0n) is 12.6. The summed E-state index contributed by atoms with van der Waals surface area (Å²) in [4.78, 5) is 0. The zero-order chi connectivity index (χ0) is 14.7. The van der Waals surface area contributed by atoms with Gasteiger partial charge in [0.15, 0.2) is 0 Å². The van der Waals surface area contributed by atoms with Crippen LogP contribution in [0.4, 0.5) is 0 Å². The Morgan fingerprint density at radius 3 is 2.86 bits per heavy atom. The highest BCUT2D eigenvalue weighted by molar-refractivity contribution is 7.99. The largest absolute Gasteiger partial charge is 0.375 e. The molecule has 2 aliphatic heterocycles. The molecule has 1 spiro atoms. The maximum absolute atomic E-state index is 6.31. The van der Waals surface area contributed by atoms with Crippen LogP contribution in [0.3, 0.4) is 0 Å². The van der Waals surface area contributed by atoms with Crippen LogP contribution in [0.1, 0.15) is 44.2 Å². The lowest BCUT2D eigenvalue weighted by Gasteiger charge is -2.44. The third kappa shape index (κ3) is 3.76. The van der Waals surface area contributed by atoms with E-state index in [2.05, 4.69) is 36.1 Å². The molecule has 2 nitrogen and oxygen atoms in total. The van der Waals surface area contributed by atoms with Gasteiger partial charge in [0.25, 0.3) is 0 Å². The molecule has 0 amide bonds. The van der Waals surface area contributed by atoms with E-state index in [1.165, 1.54) is 29.9 Å². The summed E-state index contributed by atoms with van der Waals surface area (Å²) in [6, 6.07) is 8.96. The van der Waals surface area contributed by atoms with Gasteiger partial charge in [0.1, 0.15) is 0 Å². The van der Waals surface area contributed by atoms with Crippen molar-refractivity contribution >= 4 is 23.4 Å². The first kappa shape index (κ1) is 15.7. The molecule has 2 saturated heterocycles. The van der Waals surface area contributed by atoms with Crippen molar-refractivity contribution in [3.8, 4) is 0 Å². The van der Waals surface area contributed by atoms with Gasteiger partial charge in [-0.2, -0.15) is 11.8 Å². The molecule has 0 radical (unpaired) electrons. The summed E-state index contributed by atoms with van der Waals surface area (Å²) in [5.41, 5.74) is 1.33. The smallest absolute Gasteiger partial charge is 0.0713 e. The van der Waals surface area contributed by atoms with E-state index in [-0.39, 0.29) is 11.6 Å². The van der Waals surface area contributed by atoms with E-state index in [9.17, 15) is 0 Å². The van der Waals surface area contributed by atoms with Crippen LogP contribution in [0.5, 0.6) is 0 Å². The van der Waals surface area contributed by atoms with E-state index >= 15 is 0 Å². The molecule has 3 rings (SSSR count). The molecule has 1 aromatic rings. The summed E-state index contributed by atoms with van der Waals surface area (Å²) in [6.07, 6.45) is 4.65. The van der Waals surface area contributed by atoms with Gasteiger partial charge in [-0.15, -0.1) is 0 Å². The quantitative estimate of drug-likeness (QED) is 0.888. The normalized spacial score (nSPS) is 26.7. The van der Waals surface area contributed by atoms with Gasteiger partial charge in [0.05, 0.1) is 5.60 Å². The van der Waals surface area contributed by atoms with Crippen LogP contribution < -0.4 is 5.32 Å². The number of hydrogen-bond acceptors (Lipinski definition) is 3. The first-order valence-corrected chi connectivity index (χ1v) is 9.44. The molecular formula is C17H24ClNOS. The van der Waals surface area contributed by atoms with Crippen LogP contribution in [0, 0.1) is 0 Å². The Morgan fingerprint density at radius 1 is 1.33 bits per heavy atom. The Kier molecular flexibility index (Phi) is 5.15. The predicted molar refractivity (Wildman–Crippen MR) is 91.3 cm³/mol. The molecule has 1 aromatic carbocycles. The molecule has 0 aromatic heterocycles. The number of ether oxygens (including phenoxy) is 1. The minimum Gasteiger partial charge on any atom is -0.375 e. The van der Waals surface area contributed by atoms with Crippen molar-refractivity contribution in [3.05, 3.63) is 34.9 Å². The molecule has 21 heavy (non-hydrogen) atoms. The standard InChI is InChI=1S/C17H24ClNOS/c1-13(15-4-2-3-5-16(15)18)19-14-6-9-20-17(12-14)7-10-21-11-8-17/h2-5,13-14,19H,6-12H2,1H3/t13-,14?/m1/s1. The third-order valence-electron chi connectivity index (χ3n) is 4.75. The van der Waals surface area contributed by atoms with Gasteiger partial charge in [-0.05, 0) is 55.7 Å². The van der Waals surface area contributed by atoms with Crippen LogP contribution in [0.25, 0.3) is 0 Å². The van der Waals surface area contributed by atoms with Crippen molar-refractivity contribution in [1.82, 2.24) is 5.32 Å². The van der Waals surface area contributed by atoms with Crippen LogP contribution >= 0.6 is 23.4 Å². The summed E-state index contributed by atoms with van der Waals surface area (Å²) in [5, 5.41) is 4.63. The molecule has 0 bridgehead atoms. The van der Waals surface area contributed by atoms with Gasteiger partial charge >= 0.3 is 0 Å². The maximum atomic E-state index is 6.31. The molecule has 0 saturated carbocycles. The number of thioether (sulfide) groups is 1. The molecule has 4 heteroatoms. The maximum Gasteiger partial charge on any atom is 0.0713 e. The highest BCUT2D eigenvalue weighted by atomic mass is 35.5. The molecule has 2 atom stereocenters. The summed E-state index contributed by atoms with van der Waals surface area (Å²) in [7, 11) is 0. The minimum atomic E-state index is 0.140. The first-order chi connectivity index (χ1) is 10.2. The van der Waals surface area contributed by atoms with Gasteiger partial charge in [-0.3, -0.25) is 0 Å². The van der Waals surface area contributed by atoms with Crippen LogP contribution in [0.2, 0.25) is 5.02 Å². The average Bonchev–Trinajstić information content (AvgIpc) is 2.48. The van der Waals surface area contributed by atoms with E-state index in [0.29, 0.717) is 6.04 Å². The van der Waals surface area contributed by atoms with Crippen molar-refractivity contribution in [2.24, 2.45) is 0 Å². The van der Waals surface area contributed by atoms with Crippen LogP contribution in [-0.2, 0) is 4.74 Å². The van der Waals surface area contributed by atoms with Crippen molar-refractivity contribution < 1.29 is 4.74 Å². The second-order valence-corrected chi connectivity index (χ2v) is 7.88. The molecular weight excluding hydrogens is 302 g/mol. The summed E-state index contributed by atoms with van der Waals surface area (Å²) in [6.45, 7) is 3.09. The molecule has 0 aliphatic carbocycles. The fourth-order valence-corrected chi connectivity index (χ4v) is 5.07. The third-order valence-corrected chi connectivity index (χ3v) is 6.08. The number of rotatable bonds is 3. The second kappa shape index (κ2) is 6.91. The zero-order valence-corrected chi connectivity index (χ0v) is 14.2. The molecule has 116 valence electrons. The van der Waals surface area contributed by atoms with Gasteiger partial charge in [0.2, 0.25) is 0 Å². The topological polar surface area (TPSA) is 21.3 Å². The van der Waals surface area contributed by atoms with Gasteiger partial charge < -0.3 is 10.1 Å². The highest BCUT2D eigenvalue weighted by Crippen LogP contribution is 2.38. The highest BCUT2D eigenvalue weighted by Gasteiger charge is 2.39. The van der Waals surface area contributed by atoms with Crippen LogP contribution in [-0.4, -0.2) is 29.8 Å². The van der Waals surface area contributed by atoms with E-state index < -0.39 is 0 Å². The number of benzene rings is 1. The Morgan fingerprint density at radius 2 is 2.10 bits per heavy atom. The van der Waals surface area contributed by atoms with Crippen LogP contribution in [0.15, 0.2) is 24.3 Å². The lowest BCUT2D eigenvalue weighted by atomic mass is 9.85. The van der Waals surface area contributed by atoms with Gasteiger partial charge in [0, 0.05) is 23.7 Å². The Balaban J connectivity index is 1.63. The van der Waals surface area contributed by atoms with Crippen molar-refractivity contribution in [2.75, 3.05) is 18.1 Å². The molecule has 2 aliphatic rings. The first-order valence-electron chi connectivity index (χ1n) is 7.91. The Bertz CT molecular complexity index is 470. The second-order valence-electron chi connectivity index (χ2n) is 6.24. The monoisotopic (exact) mass is 325 g/mol. The lowest BCUT2D eigenvalue weighted by Crippen LogP contribution is -2.49. The summed E-state index contributed by atoms with van der Waals surface area (Å²) in [5.74, 6) is 2.49. The predicted octanol–water partition coefficient (Wildman–Crippen LogP) is 4.44. The molecule has 2 heterocycles. The number of nitrogens with one attached hydrogen (secondary N) is 1. The minimum absolute atomic E-state index is 0.140. The fraction of sp³-hybridized carbons (Fsp3) is 0.647. The van der Waals surface area contributed by atoms with E-state index in [1.54, 1.807) is 0 Å². The number of hydrogen-bond donors (Lipinski definition) is 1. The SMILES string of the molecule is C[C@@H](NC1CCOC2(CCSCC2)C1)c1ccccc1Cl. The van der Waals surface area contributed by atoms with Crippen molar-refractivity contribution in [1.29, 1.82) is 0 Å². The van der Waals surface area contributed by atoms with Crippen molar-refractivity contribution in [3.63, 3.8) is 0 Å². The van der Waals surface area contributed by atoms with E-state index in [1.807, 2.05) is 12.1 Å². The number of halogens is 1. The average molecular weight is 326 g/mol. The molecule has 1 N–H and O–H groups in total. The molecule has 1 unspecified atom stereocenters. The fourth-order valence-electron chi connectivity index (χ4n) is 3.53.